The van der Waals surface area contributed by atoms with Gasteiger partial charge in [0, 0.05) is 10.5 Å². The molecule has 0 N–H and O–H groups in total. The molecule has 2 aromatic heterocycles. The Bertz CT molecular complexity index is 1160. The van der Waals surface area contributed by atoms with Gasteiger partial charge >= 0.3 is 0 Å². The Morgan fingerprint density at radius 1 is 0.667 bits per heavy atom. The van der Waals surface area contributed by atoms with E-state index >= 15 is 0 Å². The normalized spacial score (nSPS) is 11.0. The Balaban J connectivity index is 0.00000146. The van der Waals surface area contributed by atoms with E-state index in [0.717, 1.165) is 11.3 Å². The van der Waals surface area contributed by atoms with Crippen molar-refractivity contribution in [2.24, 2.45) is 0 Å². The maximum atomic E-state index is 4.65. The zero-order chi connectivity index (χ0) is 15.2. The summed E-state index contributed by atoms with van der Waals surface area (Å²) < 4.78 is 4.18. The highest BCUT2D eigenvalue weighted by atomic mass is 35.5. The third kappa shape index (κ3) is 1.99. The number of hydrogen-bond acceptors (Lipinski definition) is 1. The molecule has 0 saturated heterocycles. The molecule has 0 atom stereocenters. The van der Waals surface area contributed by atoms with Gasteiger partial charge in [-0.15, -0.1) is 0 Å². The second-order valence-electron chi connectivity index (χ2n) is 5.63. The van der Waals surface area contributed by atoms with Crippen molar-refractivity contribution in [3.63, 3.8) is 0 Å². The largest absolute Gasteiger partial charge is 1.00 e. The zero-order valence-corrected chi connectivity index (χ0v) is 13.6. The molecule has 5 aromatic rings. The number of hydrogen-bond donors (Lipinski definition) is 0. The fraction of sp³-hybridized carbons (Fsp3) is 0. The molecule has 3 nitrogen and oxygen atoms in total. The lowest BCUT2D eigenvalue weighted by Crippen LogP contribution is -3.00. The zero-order valence-electron chi connectivity index (χ0n) is 12.8. The van der Waals surface area contributed by atoms with Gasteiger partial charge in [-0.25, -0.2) is 0 Å². The minimum atomic E-state index is 0. The molecule has 0 unspecified atom stereocenters. The van der Waals surface area contributed by atoms with Crippen molar-refractivity contribution >= 4 is 27.3 Å². The number of rotatable bonds is 1. The summed E-state index contributed by atoms with van der Waals surface area (Å²) in [6.07, 6.45) is 1.90. The highest BCUT2D eigenvalue weighted by Crippen LogP contribution is 2.26. The van der Waals surface area contributed by atoms with E-state index in [4.69, 9.17) is 0 Å². The van der Waals surface area contributed by atoms with Crippen molar-refractivity contribution in [2.75, 3.05) is 0 Å². The van der Waals surface area contributed by atoms with E-state index in [0.29, 0.717) is 0 Å². The number of nitrogens with zero attached hydrogens (tertiary/aromatic N) is 3. The highest BCUT2D eigenvalue weighted by molar-refractivity contribution is 6.08. The first-order valence-electron chi connectivity index (χ1n) is 7.68. The van der Waals surface area contributed by atoms with Crippen molar-refractivity contribution in [3.05, 3.63) is 85.2 Å². The number of pyridine rings is 1. The topological polar surface area (TPSA) is 21.9 Å². The maximum Gasteiger partial charge on any atom is 0.279 e. The summed E-state index contributed by atoms with van der Waals surface area (Å²) in [5.74, 6) is 0. The minimum absolute atomic E-state index is 0. The third-order valence-electron chi connectivity index (χ3n) is 4.33. The predicted octanol–water partition coefficient (Wildman–Crippen LogP) is 0.921. The van der Waals surface area contributed by atoms with E-state index in [-0.39, 0.29) is 12.4 Å². The molecule has 0 amide bonds. The predicted molar refractivity (Wildman–Crippen MR) is 91.7 cm³/mol. The standard InChI is InChI=1S/C20H14N3.ClH/c1-2-8-15(9-3-1)23-20-18-12-5-4-10-16(18)17-11-6-7-13-19(17)22(20)14-21-23;/h1-14H;1H/q+1;/p-1. The van der Waals surface area contributed by atoms with Crippen molar-refractivity contribution in [2.45, 2.75) is 0 Å². The third-order valence-corrected chi connectivity index (χ3v) is 4.33. The molecular formula is C20H14ClN3. The van der Waals surface area contributed by atoms with Crippen LogP contribution in [0.3, 0.4) is 0 Å². The summed E-state index contributed by atoms with van der Waals surface area (Å²) in [7, 11) is 0. The average molecular weight is 332 g/mol. The van der Waals surface area contributed by atoms with Crippen molar-refractivity contribution in [1.82, 2.24) is 9.78 Å². The van der Waals surface area contributed by atoms with Gasteiger partial charge < -0.3 is 12.4 Å². The lowest BCUT2D eigenvalue weighted by atomic mass is 10.1. The average Bonchev–Trinajstić information content (AvgIpc) is 3.08. The molecule has 5 rings (SSSR count). The molecule has 4 heteroatoms. The molecular weight excluding hydrogens is 318 g/mol. The number of aromatic nitrogens is 3. The molecule has 0 radical (unpaired) electrons. The van der Waals surface area contributed by atoms with Crippen molar-refractivity contribution in [1.29, 1.82) is 0 Å². The maximum absolute atomic E-state index is 4.65. The first kappa shape index (κ1) is 14.7. The van der Waals surface area contributed by atoms with Gasteiger partial charge in [-0.05, 0) is 29.7 Å². The van der Waals surface area contributed by atoms with Crippen LogP contribution in [0.5, 0.6) is 0 Å². The Kier molecular flexibility index (Phi) is 3.44. The van der Waals surface area contributed by atoms with Crippen LogP contribution in [0.25, 0.3) is 33.0 Å². The molecule has 0 bridgehead atoms. The second-order valence-corrected chi connectivity index (χ2v) is 5.63. The lowest BCUT2D eigenvalue weighted by Gasteiger charge is -2.05. The van der Waals surface area contributed by atoms with Crippen LogP contribution in [0.1, 0.15) is 0 Å². The van der Waals surface area contributed by atoms with Crippen LogP contribution in [-0.4, -0.2) is 9.78 Å². The van der Waals surface area contributed by atoms with Gasteiger partial charge in [-0.3, -0.25) is 0 Å². The molecule has 116 valence electrons. The Morgan fingerprint density at radius 3 is 2.08 bits per heavy atom. The van der Waals surface area contributed by atoms with E-state index in [1.165, 1.54) is 21.7 Å². The quantitative estimate of drug-likeness (QED) is 0.331. The molecule has 0 spiro atoms. The summed E-state index contributed by atoms with van der Waals surface area (Å²) >= 11 is 0. The SMILES string of the molecule is [Cl-].c1ccc(-n2nc[n+]3c4ccccc4c4ccccc4c23)cc1. The molecule has 0 saturated carbocycles. The van der Waals surface area contributed by atoms with E-state index in [1.54, 1.807) is 0 Å². The van der Waals surface area contributed by atoms with Crippen molar-refractivity contribution < 1.29 is 16.8 Å². The van der Waals surface area contributed by atoms with Gasteiger partial charge in [-0.1, -0.05) is 59.3 Å². The molecule has 3 aromatic carbocycles. The van der Waals surface area contributed by atoms with Gasteiger partial charge in [0.15, 0.2) is 0 Å². The highest BCUT2D eigenvalue weighted by Gasteiger charge is 2.20. The monoisotopic (exact) mass is 331 g/mol. The Labute approximate surface area is 145 Å². The summed E-state index contributed by atoms with van der Waals surface area (Å²) in [4.78, 5) is 0. The van der Waals surface area contributed by atoms with Crippen LogP contribution in [0.2, 0.25) is 0 Å². The van der Waals surface area contributed by atoms with Crippen LogP contribution in [0, 0.1) is 0 Å². The molecule has 24 heavy (non-hydrogen) atoms. The van der Waals surface area contributed by atoms with Gasteiger partial charge in [0.05, 0.1) is 5.39 Å². The van der Waals surface area contributed by atoms with E-state index < -0.39 is 0 Å². The summed E-state index contributed by atoms with van der Waals surface area (Å²) in [5, 5.41) is 8.34. The summed E-state index contributed by atoms with van der Waals surface area (Å²) in [6, 6.07) is 27.3. The summed E-state index contributed by atoms with van der Waals surface area (Å²) in [5.41, 5.74) is 3.32. The molecule has 0 aliphatic carbocycles. The first-order valence-corrected chi connectivity index (χ1v) is 7.68. The van der Waals surface area contributed by atoms with E-state index in [2.05, 4.69) is 70.2 Å². The van der Waals surface area contributed by atoms with Gasteiger partial charge in [0.2, 0.25) is 0 Å². The smallest absolute Gasteiger partial charge is 0.279 e. The van der Waals surface area contributed by atoms with Crippen LogP contribution >= 0.6 is 0 Å². The number of benzene rings is 3. The van der Waals surface area contributed by atoms with Crippen LogP contribution in [0.15, 0.2) is 85.2 Å². The molecule has 0 fully saturated rings. The number of para-hydroxylation sites is 2. The second kappa shape index (κ2) is 5.62. The van der Waals surface area contributed by atoms with Crippen molar-refractivity contribution in [3.8, 4) is 5.69 Å². The summed E-state index contributed by atoms with van der Waals surface area (Å²) in [6.45, 7) is 0. The van der Waals surface area contributed by atoms with E-state index in [1.807, 2.05) is 29.2 Å². The van der Waals surface area contributed by atoms with Crippen LogP contribution in [-0.2, 0) is 0 Å². The molecule has 2 heterocycles. The van der Waals surface area contributed by atoms with Gasteiger partial charge in [0.1, 0.15) is 11.2 Å². The van der Waals surface area contributed by atoms with Gasteiger partial charge in [-0.2, -0.15) is 4.40 Å². The minimum Gasteiger partial charge on any atom is -1.00 e. The number of fused-ring (bicyclic) bond motifs is 6. The first-order chi connectivity index (χ1) is 11.4. The fourth-order valence-electron chi connectivity index (χ4n) is 3.32. The van der Waals surface area contributed by atoms with Crippen LogP contribution in [0.4, 0.5) is 0 Å². The lowest BCUT2D eigenvalue weighted by molar-refractivity contribution is -0.480. The van der Waals surface area contributed by atoms with Crippen LogP contribution < -0.4 is 16.8 Å². The van der Waals surface area contributed by atoms with Gasteiger partial charge in [0.25, 0.3) is 12.0 Å². The Hall–Kier alpha value is -2.91. The van der Waals surface area contributed by atoms with E-state index in [9.17, 15) is 0 Å². The molecule has 0 aliphatic heterocycles. The fourth-order valence-corrected chi connectivity index (χ4v) is 3.32. The number of halogens is 1. The molecule has 0 aliphatic rings. The Morgan fingerprint density at radius 2 is 1.29 bits per heavy atom.